The molecule has 0 fully saturated rings. The van der Waals surface area contributed by atoms with Crippen molar-refractivity contribution in [3.8, 4) is 23.2 Å². The predicted molar refractivity (Wildman–Crippen MR) is 125 cm³/mol. The minimum atomic E-state index is -0.466. The van der Waals surface area contributed by atoms with Crippen molar-refractivity contribution < 1.29 is 14.6 Å². The number of methoxy groups -OCH3 is 1. The summed E-state index contributed by atoms with van der Waals surface area (Å²) in [6, 6.07) is 9.73. The van der Waals surface area contributed by atoms with Gasteiger partial charge < -0.3 is 25.2 Å². The van der Waals surface area contributed by atoms with Gasteiger partial charge in [0.05, 0.1) is 30.2 Å². The van der Waals surface area contributed by atoms with Crippen LogP contribution in [0.1, 0.15) is 23.6 Å². The lowest BCUT2D eigenvalue weighted by Gasteiger charge is -2.21. The highest BCUT2D eigenvalue weighted by Crippen LogP contribution is 2.41. The Bertz CT molecular complexity index is 1210. The van der Waals surface area contributed by atoms with Gasteiger partial charge in [0.25, 0.3) is 0 Å². The second-order valence-corrected chi connectivity index (χ2v) is 8.23. The molecule has 3 aromatic rings. The number of pyridine rings is 1. The van der Waals surface area contributed by atoms with E-state index in [1.807, 2.05) is 26.0 Å². The highest BCUT2D eigenvalue weighted by atomic mass is 16.5. The highest BCUT2D eigenvalue weighted by Gasteiger charge is 2.36. The summed E-state index contributed by atoms with van der Waals surface area (Å²) in [4.78, 5) is 13.3. The normalized spacial score (nSPS) is 16.6. The first-order chi connectivity index (χ1) is 16.0. The molecule has 0 saturated heterocycles. The van der Waals surface area contributed by atoms with E-state index in [-0.39, 0.29) is 6.61 Å². The van der Waals surface area contributed by atoms with Crippen LogP contribution in [0.2, 0.25) is 0 Å². The summed E-state index contributed by atoms with van der Waals surface area (Å²) >= 11 is 0. The Morgan fingerprint density at radius 2 is 2.12 bits per heavy atom. The Kier molecular flexibility index (Phi) is 6.40. The zero-order valence-electron chi connectivity index (χ0n) is 18.8. The van der Waals surface area contributed by atoms with E-state index in [1.165, 1.54) is 0 Å². The topological polar surface area (TPSA) is 125 Å². The van der Waals surface area contributed by atoms with Crippen molar-refractivity contribution in [1.82, 2.24) is 15.0 Å². The van der Waals surface area contributed by atoms with Gasteiger partial charge >= 0.3 is 0 Å². The number of nitriles is 1. The van der Waals surface area contributed by atoms with Crippen molar-refractivity contribution in [2.75, 3.05) is 44.1 Å². The Hall–Kier alpha value is -3.74. The number of fused-ring (bicyclic) bond motifs is 1. The molecule has 3 N–H and O–H groups in total. The van der Waals surface area contributed by atoms with Crippen molar-refractivity contribution in [2.24, 2.45) is 0 Å². The summed E-state index contributed by atoms with van der Waals surface area (Å²) in [6.45, 7) is 5.27. The average molecular weight is 447 g/mol. The van der Waals surface area contributed by atoms with Gasteiger partial charge in [-0.2, -0.15) is 5.26 Å². The third-order valence-electron chi connectivity index (χ3n) is 5.63. The molecule has 0 spiro atoms. The second-order valence-electron chi connectivity index (χ2n) is 8.23. The smallest absolute Gasteiger partial charge is 0.237 e. The van der Waals surface area contributed by atoms with Gasteiger partial charge in [0.1, 0.15) is 18.4 Å². The molecular formula is C24H26N6O3. The van der Waals surface area contributed by atoms with E-state index < -0.39 is 5.41 Å². The quantitative estimate of drug-likeness (QED) is 0.447. The van der Waals surface area contributed by atoms with E-state index in [2.05, 4.69) is 31.7 Å². The maximum atomic E-state index is 9.95. The van der Waals surface area contributed by atoms with Gasteiger partial charge in [-0.25, -0.2) is 15.0 Å². The van der Waals surface area contributed by atoms with Crippen LogP contribution in [0.25, 0.3) is 11.3 Å². The van der Waals surface area contributed by atoms with Crippen molar-refractivity contribution in [2.45, 2.75) is 19.3 Å². The molecule has 0 unspecified atom stereocenters. The lowest BCUT2D eigenvalue weighted by atomic mass is 9.83. The van der Waals surface area contributed by atoms with Crippen LogP contribution in [-0.2, 0) is 10.2 Å². The molecule has 2 aromatic heterocycles. The number of rotatable bonds is 8. The number of ether oxygens (including phenoxy) is 2. The molecule has 1 atom stereocenters. The Morgan fingerprint density at radius 3 is 2.88 bits per heavy atom. The average Bonchev–Trinajstić information content (AvgIpc) is 3.17. The number of aliphatic hydroxyl groups is 1. The van der Waals surface area contributed by atoms with Gasteiger partial charge in [0, 0.05) is 37.0 Å². The summed E-state index contributed by atoms with van der Waals surface area (Å²) in [5, 5.41) is 26.1. The lowest BCUT2D eigenvalue weighted by molar-refractivity contribution is 0.144. The maximum absolute atomic E-state index is 9.95. The summed E-state index contributed by atoms with van der Waals surface area (Å²) in [5.41, 5.74) is 4.77. The minimum Gasteiger partial charge on any atom is -0.474 e. The van der Waals surface area contributed by atoms with Crippen LogP contribution in [0.5, 0.6) is 5.88 Å². The largest absolute Gasteiger partial charge is 0.474 e. The third kappa shape index (κ3) is 4.58. The van der Waals surface area contributed by atoms with Crippen LogP contribution in [0.3, 0.4) is 0 Å². The van der Waals surface area contributed by atoms with E-state index in [9.17, 15) is 10.4 Å². The number of aliphatic hydroxyl groups excluding tert-OH is 1. The van der Waals surface area contributed by atoms with Crippen molar-refractivity contribution in [1.29, 1.82) is 5.26 Å². The summed E-state index contributed by atoms with van der Waals surface area (Å²) in [6.07, 6.45) is 3.38. The fourth-order valence-electron chi connectivity index (χ4n) is 3.75. The Morgan fingerprint density at radius 1 is 1.27 bits per heavy atom. The second kappa shape index (κ2) is 9.40. The van der Waals surface area contributed by atoms with Gasteiger partial charge in [-0.15, -0.1) is 0 Å². The van der Waals surface area contributed by atoms with E-state index in [0.717, 1.165) is 22.4 Å². The fourth-order valence-corrected chi connectivity index (χ4v) is 3.75. The van der Waals surface area contributed by atoms with E-state index in [0.29, 0.717) is 48.5 Å². The summed E-state index contributed by atoms with van der Waals surface area (Å²) < 4.78 is 10.8. The van der Waals surface area contributed by atoms with Crippen LogP contribution in [0.15, 0.2) is 36.7 Å². The van der Waals surface area contributed by atoms with Crippen LogP contribution in [-0.4, -0.2) is 53.5 Å². The molecule has 0 aliphatic carbocycles. The molecule has 0 bridgehead atoms. The molecule has 0 saturated carbocycles. The molecule has 0 radical (unpaired) electrons. The Balaban J connectivity index is 1.67. The molecular weight excluding hydrogens is 420 g/mol. The number of hydrogen-bond acceptors (Lipinski definition) is 9. The van der Waals surface area contributed by atoms with Crippen LogP contribution in [0, 0.1) is 18.3 Å². The first-order valence-corrected chi connectivity index (χ1v) is 10.6. The zero-order chi connectivity index (χ0) is 23.4. The van der Waals surface area contributed by atoms with Gasteiger partial charge in [-0.3, -0.25) is 0 Å². The number of nitrogens with one attached hydrogen (secondary N) is 2. The number of aromatic nitrogens is 3. The van der Waals surface area contributed by atoms with Gasteiger partial charge in [-0.1, -0.05) is 6.92 Å². The first-order valence-electron chi connectivity index (χ1n) is 10.6. The molecule has 1 aliphatic heterocycles. The third-order valence-corrected chi connectivity index (χ3v) is 5.63. The SMILES string of the molecule is COCCOc1ncc(C)cc1Nc1nccc(-c2cc(C#N)c3c(c2)[C@@](C)(CO)CN3)n1. The number of benzene rings is 1. The van der Waals surface area contributed by atoms with Crippen molar-refractivity contribution in [3.63, 3.8) is 0 Å². The molecule has 0 amide bonds. The van der Waals surface area contributed by atoms with Crippen LogP contribution >= 0.6 is 0 Å². The molecule has 4 rings (SSSR count). The molecule has 1 aliphatic rings. The Labute approximate surface area is 192 Å². The van der Waals surface area contributed by atoms with Crippen LogP contribution < -0.4 is 15.4 Å². The van der Waals surface area contributed by atoms with Crippen molar-refractivity contribution >= 4 is 17.3 Å². The van der Waals surface area contributed by atoms with Gasteiger partial charge in [0.15, 0.2) is 0 Å². The minimum absolute atomic E-state index is 0.0237. The molecule has 3 heterocycles. The number of anilines is 3. The standard InChI is InChI=1S/C24H26N6O3/c1-15-8-20(22(27-12-15)33-7-6-32-3)30-23-26-5-4-19(29-23)16-9-17(11-25)21-18(10-16)24(2,14-31)13-28-21/h4-5,8-10,12,28,31H,6-7,13-14H2,1-3H3,(H,26,29,30)/t24-/m1/s1. The first kappa shape index (κ1) is 22.5. The predicted octanol–water partition coefficient (Wildman–Crippen LogP) is 3.16. The molecule has 9 nitrogen and oxygen atoms in total. The van der Waals surface area contributed by atoms with Crippen molar-refractivity contribution in [3.05, 3.63) is 53.3 Å². The zero-order valence-corrected chi connectivity index (χ0v) is 18.8. The maximum Gasteiger partial charge on any atom is 0.237 e. The van der Waals surface area contributed by atoms with Crippen LogP contribution in [0.4, 0.5) is 17.3 Å². The molecule has 9 heteroatoms. The summed E-state index contributed by atoms with van der Waals surface area (Å²) in [5.74, 6) is 0.805. The van der Waals surface area contributed by atoms with E-state index in [1.54, 1.807) is 31.6 Å². The van der Waals surface area contributed by atoms with E-state index in [4.69, 9.17) is 9.47 Å². The lowest BCUT2D eigenvalue weighted by Crippen LogP contribution is -2.28. The number of hydrogen-bond donors (Lipinski definition) is 3. The van der Waals surface area contributed by atoms with Gasteiger partial charge in [0.2, 0.25) is 11.8 Å². The van der Waals surface area contributed by atoms with Gasteiger partial charge in [-0.05, 0) is 42.3 Å². The number of aryl methyl sites for hydroxylation is 1. The molecule has 1 aromatic carbocycles. The number of nitrogens with zero attached hydrogens (tertiary/aromatic N) is 4. The summed E-state index contributed by atoms with van der Waals surface area (Å²) in [7, 11) is 1.61. The fraction of sp³-hybridized carbons (Fsp3) is 0.333. The molecule has 170 valence electrons. The molecule has 33 heavy (non-hydrogen) atoms. The monoisotopic (exact) mass is 446 g/mol. The highest BCUT2D eigenvalue weighted by molar-refractivity contribution is 5.76. The van der Waals surface area contributed by atoms with E-state index >= 15 is 0 Å².